The van der Waals surface area contributed by atoms with Crippen molar-refractivity contribution in [1.82, 2.24) is 15.5 Å². The lowest BCUT2D eigenvalue weighted by Gasteiger charge is -2.36. The smallest absolute Gasteiger partial charge is 0.191 e. The molecule has 3 rings (SSSR count). The molecule has 0 aromatic heterocycles. The summed E-state index contributed by atoms with van der Waals surface area (Å²) in [5.74, 6) is 0.936. The number of nitrogens with zero attached hydrogens (tertiary/aromatic N) is 3. The Morgan fingerprint density at radius 1 is 1.03 bits per heavy atom. The van der Waals surface area contributed by atoms with Crippen molar-refractivity contribution in [3.8, 4) is 0 Å². The van der Waals surface area contributed by atoms with Crippen LogP contribution in [0.15, 0.2) is 35.3 Å². The van der Waals surface area contributed by atoms with E-state index in [2.05, 4.69) is 57.7 Å². The molecular weight excluding hydrogens is 362 g/mol. The molecule has 0 spiro atoms. The monoisotopic (exact) mass is 401 g/mol. The number of aliphatic imine (C=N–C) groups is 1. The van der Waals surface area contributed by atoms with Crippen LogP contribution in [0, 0.1) is 0 Å². The largest absolute Gasteiger partial charge is 0.393 e. The molecule has 1 aliphatic carbocycles. The highest BCUT2D eigenvalue weighted by molar-refractivity contribution is 5.80. The molecule has 29 heavy (non-hydrogen) atoms. The zero-order valence-corrected chi connectivity index (χ0v) is 18.0. The standard InChI is InChI=1S/C23H39N5O/c1-2-24-23(26-20-10-12-22(29)13-11-20)25-14-6-7-15-27-16-18-28(19-17-27)21-8-4-3-5-9-21/h3-5,8-9,20,22,29H,2,6-7,10-19H2,1H3,(H2,24,25,26). The summed E-state index contributed by atoms with van der Waals surface area (Å²) in [7, 11) is 0. The lowest BCUT2D eigenvalue weighted by molar-refractivity contribution is 0.120. The van der Waals surface area contributed by atoms with Gasteiger partial charge < -0.3 is 20.6 Å². The third-order valence-corrected chi connectivity index (χ3v) is 6.03. The summed E-state index contributed by atoms with van der Waals surface area (Å²) in [6.45, 7) is 9.56. The zero-order valence-electron chi connectivity index (χ0n) is 18.0. The Kier molecular flexibility index (Phi) is 9.09. The van der Waals surface area contributed by atoms with Crippen molar-refractivity contribution < 1.29 is 5.11 Å². The van der Waals surface area contributed by atoms with E-state index in [0.29, 0.717) is 6.04 Å². The summed E-state index contributed by atoms with van der Waals surface area (Å²) in [4.78, 5) is 9.83. The van der Waals surface area contributed by atoms with E-state index in [4.69, 9.17) is 4.99 Å². The van der Waals surface area contributed by atoms with Crippen molar-refractivity contribution in [2.24, 2.45) is 4.99 Å². The summed E-state index contributed by atoms with van der Waals surface area (Å²) in [6, 6.07) is 11.2. The summed E-state index contributed by atoms with van der Waals surface area (Å²) >= 11 is 0. The van der Waals surface area contributed by atoms with E-state index < -0.39 is 0 Å². The topological polar surface area (TPSA) is 63.1 Å². The molecule has 0 atom stereocenters. The number of hydrogen-bond donors (Lipinski definition) is 3. The number of anilines is 1. The van der Waals surface area contributed by atoms with Crippen molar-refractivity contribution in [2.75, 3.05) is 50.7 Å². The molecule has 1 aliphatic heterocycles. The number of aliphatic hydroxyl groups is 1. The molecule has 1 aromatic carbocycles. The number of nitrogens with one attached hydrogen (secondary N) is 2. The van der Waals surface area contributed by atoms with Crippen molar-refractivity contribution in [2.45, 2.75) is 57.6 Å². The number of unbranched alkanes of at least 4 members (excludes halogenated alkanes) is 1. The third kappa shape index (κ3) is 7.52. The predicted molar refractivity (Wildman–Crippen MR) is 122 cm³/mol. The number of hydrogen-bond acceptors (Lipinski definition) is 4. The minimum Gasteiger partial charge on any atom is -0.393 e. The van der Waals surface area contributed by atoms with E-state index in [-0.39, 0.29) is 6.10 Å². The van der Waals surface area contributed by atoms with Crippen molar-refractivity contribution >= 4 is 11.6 Å². The van der Waals surface area contributed by atoms with Gasteiger partial charge in [-0.05, 0) is 64.1 Å². The molecule has 6 nitrogen and oxygen atoms in total. The fourth-order valence-electron chi connectivity index (χ4n) is 4.24. The lowest BCUT2D eigenvalue weighted by atomic mass is 9.93. The molecule has 0 radical (unpaired) electrons. The Hall–Kier alpha value is -1.79. The molecule has 0 amide bonds. The van der Waals surface area contributed by atoms with Gasteiger partial charge >= 0.3 is 0 Å². The average Bonchev–Trinajstić information content (AvgIpc) is 2.76. The molecule has 162 valence electrons. The molecule has 2 fully saturated rings. The zero-order chi connectivity index (χ0) is 20.3. The first kappa shape index (κ1) is 21.9. The predicted octanol–water partition coefficient (Wildman–Crippen LogP) is 2.45. The maximum Gasteiger partial charge on any atom is 0.191 e. The fourth-order valence-corrected chi connectivity index (χ4v) is 4.24. The molecule has 3 N–H and O–H groups in total. The molecule has 0 unspecified atom stereocenters. The highest BCUT2D eigenvalue weighted by atomic mass is 16.3. The third-order valence-electron chi connectivity index (χ3n) is 6.03. The molecular formula is C23H39N5O. The highest BCUT2D eigenvalue weighted by Crippen LogP contribution is 2.18. The first-order valence-corrected chi connectivity index (χ1v) is 11.5. The van der Waals surface area contributed by atoms with Gasteiger partial charge in [0.25, 0.3) is 0 Å². The SMILES string of the molecule is CCNC(=NCCCCN1CCN(c2ccccc2)CC1)NC1CCC(O)CC1. The molecule has 1 saturated carbocycles. The normalized spacial score (nSPS) is 23.8. The van der Waals surface area contributed by atoms with Crippen LogP contribution >= 0.6 is 0 Å². The summed E-state index contributed by atoms with van der Waals surface area (Å²) < 4.78 is 0. The van der Waals surface area contributed by atoms with Crippen LogP contribution in [0.1, 0.15) is 45.4 Å². The number of aliphatic hydroxyl groups excluding tert-OH is 1. The Morgan fingerprint density at radius 2 is 1.76 bits per heavy atom. The van der Waals surface area contributed by atoms with Crippen LogP contribution in [0.2, 0.25) is 0 Å². The van der Waals surface area contributed by atoms with Crippen LogP contribution in [0.25, 0.3) is 0 Å². The number of para-hydroxylation sites is 1. The number of benzene rings is 1. The van der Waals surface area contributed by atoms with Gasteiger partial charge in [0, 0.05) is 51.0 Å². The van der Waals surface area contributed by atoms with E-state index in [1.165, 1.54) is 18.7 Å². The van der Waals surface area contributed by atoms with Crippen LogP contribution in [0.3, 0.4) is 0 Å². The van der Waals surface area contributed by atoms with Gasteiger partial charge in [-0.3, -0.25) is 9.89 Å². The van der Waals surface area contributed by atoms with Gasteiger partial charge in [-0.15, -0.1) is 0 Å². The molecule has 0 bridgehead atoms. The Balaban J connectivity index is 1.31. The van der Waals surface area contributed by atoms with Crippen molar-refractivity contribution in [3.05, 3.63) is 30.3 Å². The number of piperazine rings is 1. The van der Waals surface area contributed by atoms with Gasteiger partial charge in [0.2, 0.25) is 0 Å². The van der Waals surface area contributed by atoms with Gasteiger partial charge in [-0.25, -0.2) is 0 Å². The second-order valence-electron chi connectivity index (χ2n) is 8.28. The van der Waals surface area contributed by atoms with Crippen LogP contribution < -0.4 is 15.5 Å². The highest BCUT2D eigenvalue weighted by Gasteiger charge is 2.20. The van der Waals surface area contributed by atoms with Crippen molar-refractivity contribution in [1.29, 1.82) is 0 Å². The van der Waals surface area contributed by atoms with Gasteiger partial charge in [0.1, 0.15) is 0 Å². The van der Waals surface area contributed by atoms with Gasteiger partial charge in [-0.2, -0.15) is 0 Å². The van der Waals surface area contributed by atoms with E-state index in [1.54, 1.807) is 0 Å². The summed E-state index contributed by atoms with van der Waals surface area (Å²) in [6.07, 6.45) is 6.06. The second kappa shape index (κ2) is 12.0. The van der Waals surface area contributed by atoms with E-state index >= 15 is 0 Å². The van der Waals surface area contributed by atoms with E-state index in [0.717, 1.165) is 77.3 Å². The van der Waals surface area contributed by atoms with Gasteiger partial charge in [0.15, 0.2) is 5.96 Å². The lowest BCUT2D eigenvalue weighted by Crippen LogP contribution is -2.46. The van der Waals surface area contributed by atoms with Gasteiger partial charge in [0.05, 0.1) is 6.10 Å². The number of rotatable bonds is 8. The van der Waals surface area contributed by atoms with Crippen LogP contribution in [0.5, 0.6) is 0 Å². The molecule has 1 aromatic rings. The Bertz CT molecular complexity index is 593. The van der Waals surface area contributed by atoms with E-state index in [9.17, 15) is 5.11 Å². The van der Waals surface area contributed by atoms with Crippen LogP contribution in [-0.4, -0.2) is 73.9 Å². The molecule has 6 heteroatoms. The number of guanidine groups is 1. The average molecular weight is 402 g/mol. The minimum absolute atomic E-state index is 0.109. The van der Waals surface area contributed by atoms with Crippen LogP contribution in [0.4, 0.5) is 5.69 Å². The first-order valence-electron chi connectivity index (χ1n) is 11.5. The maximum absolute atomic E-state index is 9.66. The Morgan fingerprint density at radius 3 is 2.45 bits per heavy atom. The van der Waals surface area contributed by atoms with Gasteiger partial charge in [-0.1, -0.05) is 18.2 Å². The molecule has 1 heterocycles. The van der Waals surface area contributed by atoms with Crippen molar-refractivity contribution in [3.63, 3.8) is 0 Å². The first-order chi connectivity index (χ1) is 14.2. The molecule has 2 aliphatic rings. The minimum atomic E-state index is -0.109. The second-order valence-corrected chi connectivity index (χ2v) is 8.28. The van der Waals surface area contributed by atoms with Crippen LogP contribution in [-0.2, 0) is 0 Å². The fraction of sp³-hybridized carbons (Fsp3) is 0.696. The maximum atomic E-state index is 9.66. The van der Waals surface area contributed by atoms with E-state index in [1.807, 2.05) is 0 Å². The Labute approximate surface area is 176 Å². The molecule has 1 saturated heterocycles. The summed E-state index contributed by atoms with van der Waals surface area (Å²) in [5.41, 5.74) is 1.34. The quantitative estimate of drug-likeness (QED) is 0.355. The summed E-state index contributed by atoms with van der Waals surface area (Å²) in [5, 5.41) is 16.6.